The van der Waals surface area contributed by atoms with Gasteiger partial charge in [0.05, 0.1) is 0 Å². The molecular formula is C8H6BrNO2. The number of carbonyl (C=O) groups excluding carboxylic acids is 1. The van der Waals surface area contributed by atoms with Gasteiger partial charge in [0, 0.05) is 12.0 Å². The van der Waals surface area contributed by atoms with Gasteiger partial charge in [0.1, 0.15) is 11.2 Å². The molecule has 0 bridgehead atoms. The maximum absolute atomic E-state index is 10.9. The van der Waals surface area contributed by atoms with Gasteiger partial charge in [-0.25, -0.2) is 4.98 Å². The smallest absolute Gasteiger partial charge is 0.218 e. The van der Waals surface area contributed by atoms with E-state index in [2.05, 4.69) is 20.9 Å². The minimum atomic E-state index is 0.103. The van der Waals surface area contributed by atoms with Crippen LogP contribution in [0.25, 0.3) is 0 Å². The van der Waals surface area contributed by atoms with Crippen molar-refractivity contribution in [1.82, 2.24) is 4.98 Å². The second kappa shape index (κ2) is 2.86. The Labute approximate surface area is 77.9 Å². The Morgan fingerprint density at radius 2 is 2.33 bits per heavy atom. The number of fused-ring (bicyclic) bond motifs is 1. The molecule has 12 heavy (non-hydrogen) atoms. The molecule has 0 saturated heterocycles. The molecule has 0 N–H and O–H groups in total. The average Bonchev–Trinajstić information content (AvgIpc) is 2.05. The van der Waals surface area contributed by atoms with Gasteiger partial charge in [0.15, 0.2) is 5.78 Å². The molecule has 3 nitrogen and oxygen atoms in total. The number of Topliss-reactive ketones (excluding diaryl/α,β-unsaturated/α-hetero) is 1. The van der Waals surface area contributed by atoms with E-state index in [1.807, 2.05) is 6.07 Å². The molecule has 4 heteroatoms. The highest BCUT2D eigenvalue weighted by Gasteiger charge is 2.17. The third-order valence-corrected chi connectivity index (χ3v) is 2.10. The van der Waals surface area contributed by atoms with E-state index in [0.29, 0.717) is 12.3 Å². The van der Waals surface area contributed by atoms with Crippen LogP contribution in [-0.2, 0) is 11.2 Å². The molecule has 2 rings (SSSR count). The first-order chi connectivity index (χ1) is 5.75. The number of pyridine rings is 1. The molecule has 0 fully saturated rings. The molecule has 1 aromatic heterocycles. The molecule has 2 heterocycles. The van der Waals surface area contributed by atoms with Crippen LogP contribution in [0.2, 0.25) is 0 Å². The van der Waals surface area contributed by atoms with Crippen LogP contribution in [-0.4, -0.2) is 17.4 Å². The van der Waals surface area contributed by atoms with E-state index in [1.165, 1.54) is 0 Å². The first-order valence-corrected chi connectivity index (χ1v) is 4.35. The third kappa shape index (κ3) is 1.34. The van der Waals surface area contributed by atoms with Gasteiger partial charge >= 0.3 is 0 Å². The topological polar surface area (TPSA) is 39.2 Å². The summed E-state index contributed by atoms with van der Waals surface area (Å²) >= 11 is 3.23. The number of ether oxygens (including phenoxy) is 1. The Hall–Kier alpha value is -0.900. The minimum absolute atomic E-state index is 0.103. The van der Waals surface area contributed by atoms with E-state index in [-0.39, 0.29) is 12.4 Å². The van der Waals surface area contributed by atoms with Gasteiger partial charge < -0.3 is 4.74 Å². The lowest BCUT2D eigenvalue weighted by atomic mass is 10.1. The number of ketones is 1. The molecule has 1 aliphatic heterocycles. The van der Waals surface area contributed by atoms with Crippen molar-refractivity contribution in [3.05, 3.63) is 22.3 Å². The van der Waals surface area contributed by atoms with Crippen molar-refractivity contribution >= 4 is 21.7 Å². The number of halogens is 1. The molecule has 1 aliphatic rings. The van der Waals surface area contributed by atoms with Crippen LogP contribution in [0.5, 0.6) is 5.88 Å². The van der Waals surface area contributed by atoms with Gasteiger partial charge in [0.25, 0.3) is 0 Å². The molecule has 1 aromatic rings. The molecule has 0 spiro atoms. The zero-order valence-corrected chi connectivity index (χ0v) is 7.80. The van der Waals surface area contributed by atoms with Gasteiger partial charge in [-0.05, 0) is 22.0 Å². The highest BCUT2D eigenvalue weighted by atomic mass is 79.9. The maximum Gasteiger partial charge on any atom is 0.218 e. The monoisotopic (exact) mass is 227 g/mol. The summed E-state index contributed by atoms with van der Waals surface area (Å²) in [6.45, 7) is 0.149. The first kappa shape index (κ1) is 7.73. The van der Waals surface area contributed by atoms with Crippen molar-refractivity contribution in [2.75, 3.05) is 6.61 Å². The lowest BCUT2D eigenvalue weighted by molar-refractivity contribution is -0.121. The summed E-state index contributed by atoms with van der Waals surface area (Å²) in [5.41, 5.74) is 0.870. The third-order valence-electron chi connectivity index (χ3n) is 1.66. The molecule has 0 atom stereocenters. The van der Waals surface area contributed by atoms with E-state index < -0.39 is 0 Å². The maximum atomic E-state index is 10.9. The summed E-state index contributed by atoms with van der Waals surface area (Å²) in [5.74, 6) is 0.676. The van der Waals surface area contributed by atoms with Crippen LogP contribution in [0.1, 0.15) is 5.56 Å². The zero-order chi connectivity index (χ0) is 8.55. The van der Waals surface area contributed by atoms with Crippen molar-refractivity contribution in [3.63, 3.8) is 0 Å². The summed E-state index contributed by atoms with van der Waals surface area (Å²) < 4.78 is 5.86. The van der Waals surface area contributed by atoms with Gasteiger partial charge in [-0.2, -0.15) is 0 Å². The fraction of sp³-hybridized carbons (Fsp3) is 0.250. The number of hydrogen-bond donors (Lipinski definition) is 0. The van der Waals surface area contributed by atoms with Crippen LogP contribution in [0.3, 0.4) is 0 Å². The quantitative estimate of drug-likeness (QED) is 0.629. The molecule has 0 aliphatic carbocycles. The van der Waals surface area contributed by atoms with Gasteiger partial charge in [-0.1, -0.05) is 6.07 Å². The fourth-order valence-corrected chi connectivity index (χ4v) is 1.41. The fourth-order valence-electron chi connectivity index (χ4n) is 1.12. The molecule has 0 amide bonds. The normalized spacial score (nSPS) is 15.2. The number of rotatable bonds is 0. The molecule has 62 valence electrons. The van der Waals surface area contributed by atoms with Gasteiger partial charge in [-0.15, -0.1) is 0 Å². The summed E-state index contributed by atoms with van der Waals surface area (Å²) in [5, 5.41) is 0. The average molecular weight is 228 g/mol. The van der Waals surface area contributed by atoms with E-state index in [0.717, 1.165) is 10.2 Å². The van der Waals surface area contributed by atoms with E-state index in [1.54, 1.807) is 6.07 Å². The summed E-state index contributed by atoms with van der Waals surface area (Å²) in [7, 11) is 0. The second-order valence-corrected chi connectivity index (χ2v) is 3.41. The zero-order valence-electron chi connectivity index (χ0n) is 6.21. The van der Waals surface area contributed by atoms with Crippen LogP contribution in [0.4, 0.5) is 0 Å². The number of aromatic nitrogens is 1. The Kier molecular flexibility index (Phi) is 1.84. The Bertz CT molecular complexity index is 338. The first-order valence-electron chi connectivity index (χ1n) is 3.55. The molecule has 0 saturated carbocycles. The lowest BCUT2D eigenvalue weighted by Gasteiger charge is -2.14. The Morgan fingerprint density at radius 1 is 1.50 bits per heavy atom. The van der Waals surface area contributed by atoms with Crippen LogP contribution in [0, 0.1) is 0 Å². The van der Waals surface area contributed by atoms with Crippen LogP contribution >= 0.6 is 15.9 Å². The van der Waals surface area contributed by atoms with E-state index in [4.69, 9.17) is 4.74 Å². The van der Waals surface area contributed by atoms with E-state index in [9.17, 15) is 4.79 Å². The SMILES string of the molecule is O=C1COc2nc(Br)ccc2C1. The largest absolute Gasteiger partial charge is 0.469 e. The number of carbonyl (C=O) groups is 1. The Balaban J connectivity index is 2.43. The van der Waals surface area contributed by atoms with Gasteiger partial charge in [0.2, 0.25) is 5.88 Å². The molecule has 0 radical (unpaired) electrons. The number of nitrogens with zero attached hydrogens (tertiary/aromatic N) is 1. The van der Waals surface area contributed by atoms with Crippen molar-refractivity contribution < 1.29 is 9.53 Å². The molecule has 0 unspecified atom stereocenters. The summed E-state index contributed by atoms with van der Waals surface area (Å²) in [6.07, 6.45) is 0.440. The van der Waals surface area contributed by atoms with E-state index >= 15 is 0 Å². The summed E-state index contributed by atoms with van der Waals surface area (Å²) in [4.78, 5) is 15.0. The van der Waals surface area contributed by atoms with Crippen molar-refractivity contribution in [2.24, 2.45) is 0 Å². The molecular weight excluding hydrogens is 222 g/mol. The highest BCUT2D eigenvalue weighted by molar-refractivity contribution is 9.10. The Morgan fingerprint density at radius 3 is 3.17 bits per heavy atom. The van der Waals surface area contributed by atoms with Crippen molar-refractivity contribution in [3.8, 4) is 5.88 Å². The minimum Gasteiger partial charge on any atom is -0.469 e. The molecule has 0 aromatic carbocycles. The standard InChI is InChI=1S/C8H6BrNO2/c9-7-2-1-5-3-6(11)4-12-8(5)10-7/h1-2H,3-4H2. The van der Waals surface area contributed by atoms with Crippen LogP contribution < -0.4 is 4.74 Å². The second-order valence-electron chi connectivity index (χ2n) is 2.60. The number of hydrogen-bond acceptors (Lipinski definition) is 3. The van der Waals surface area contributed by atoms with Crippen molar-refractivity contribution in [1.29, 1.82) is 0 Å². The highest BCUT2D eigenvalue weighted by Crippen LogP contribution is 2.22. The lowest BCUT2D eigenvalue weighted by Crippen LogP contribution is -2.20. The predicted molar refractivity (Wildman–Crippen MR) is 46.1 cm³/mol. The van der Waals surface area contributed by atoms with Gasteiger partial charge in [-0.3, -0.25) is 4.79 Å². The summed E-state index contributed by atoms with van der Waals surface area (Å²) in [6, 6.07) is 3.66. The van der Waals surface area contributed by atoms with Crippen molar-refractivity contribution in [2.45, 2.75) is 6.42 Å². The predicted octanol–water partition coefficient (Wildman–Crippen LogP) is 1.35. The van der Waals surface area contributed by atoms with Crippen LogP contribution in [0.15, 0.2) is 16.7 Å².